The number of alkyl halides is 3. The summed E-state index contributed by atoms with van der Waals surface area (Å²) in [4.78, 5) is 34.7. The first kappa shape index (κ1) is 82.0. The Kier molecular flexibility index (Phi) is 33.0. The van der Waals surface area contributed by atoms with Crippen molar-refractivity contribution in [2.75, 3.05) is 14.2 Å². The molecule has 0 atom stereocenters. The van der Waals surface area contributed by atoms with Crippen molar-refractivity contribution < 1.29 is 85.4 Å². The van der Waals surface area contributed by atoms with Crippen LogP contribution in [0, 0.1) is 58.0 Å². The first-order chi connectivity index (χ1) is 49.6. The Bertz CT molecular complexity index is 4670. The molecule has 0 aliphatic heterocycles. The Morgan fingerprint density at radius 2 is 0.712 bits per heavy atom. The van der Waals surface area contributed by atoms with Crippen LogP contribution in [-0.4, -0.2) is 82.8 Å². The van der Waals surface area contributed by atoms with Crippen LogP contribution in [0.1, 0.15) is 22.5 Å². The summed E-state index contributed by atoms with van der Waals surface area (Å²) in [7, 11) is -3.84. The van der Waals surface area contributed by atoms with E-state index in [1.807, 2.05) is 251 Å². The number of fused-ring (bicyclic) bond motifs is 6. The summed E-state index contributed by atoms with van der Waals surface area (Å²) in [6, 6.07) is 96.8. The number of benzene rings is 6. The molecule has 3 N–H and O–H groups in total. The van der Waals surface area contributed by atoms with Crippen molar-refractivity contribution in [1.29, 1.82) is 0 Å². The van der Waals surface area contributed by atoms with E-state index in [1.165, 1.54) is 5.56 Å². The monoisotopic (exact) mass is 1760 g/mol. The average Bonchev–Trinajstić information content (AvgIpc) is 1.61. The van der Waals surface area contributed by atoms with Gasteiger partial charge in [-0.05, 0) is 135 Å². The Balaban J connectivity index is 0.000000192. The van der Waals surface area contributed by atoms with Crippen LogP contribution in [0.25, 0.3) is 112 Å². The summed E-state index contributed by atoms with van der Waals surface area (Å²) >= 11 is 0. The number of aromatic nitrogens is 8. The van der Waals surface area contributed by atoms with E-state index in [0.717, 1.165) is 131 Å². The van der Waals surface area contributed by atoms with E-state index in [-0.39, 0.29) is 40.2 Å². The maximum absolute atomic E-state index is 10.7. The molecule has 0 unspecified atom stereocenters. The van der Waals surface area contributed by atoms with Crippen LogP contribution < -0.4 is 0 Å². The Morgan fingerprint density at radius 1 is 0.365 bits per heavy atom. The van der Waals surface area contributed by atoms with Crippen molar-refractivity contribution >= 4 is 54.3 Å². The predicted octanol–water partition coefficient (Wildman–Crippen LogP) is 18.9. The summed E-state index contributed by atoms with van der Waals surface area (Å²) in [5, 5.41) is 18.2. The third-order valence-corrected chi connectivity index (χ3v) is 14.8. The number of aryl methyl sites for hydroxylation is 4. The van der Waals surface area contributed by atoms with E-state index in [1.54, 1.807) is 24.8 Å². The number of halogens is 3. The fourth-order valence-corrected chi connectivity index (χ4v) is 9.53. The standard InChI is InChI=1S/C18H14N2O.C18H13N2O.4C11H8N.CHF3O3S.2CH4O.2Ir/c2*1-11-8-9-19-16(10-11)15-5-3-4-13-14-7-6-12(2)20-18(14)21-17(13)15;4*1-2-6-10(7-3-1)11-8-4-5-9-12-11;2-1(3,4)8(5,6)7;2*1-2;;/h3-10H,1-2H3;3-4,6-10H,1-2H3;4*1-6,8-9H;(H,5,6,7);2*2H,1H3;;/q;5*-1;;;;;+3. The summed E-state index contributed by atoms with van der Waals surface area (Å²) in [5.74, 6) is 0. The quantitative estimate of drug-likeness (QED) is 0.0800. The van der Waals surface area contributed by atoms with Crippen molar-refractivity contribution in [3.05, 3.63) is 339 Å². The number of hydrogen-bond donors (Lipinski definition) is 3. The Labute approximate surface area is 628 Å². The Hall–Kier alpha value is -11.0. The van der Waals surface area contributed by atoms with E-state index in [2.05, 4.69) is 108 Å². The molecule has 10 heterocycles. The third kappa shape index (κ3) is 23.8. The molecule has 0 aliphatic rings. The summed E-state index contributed by atoms with van der Waals surface area (Å²) in [6.07, 6.45) is 10.8. The van der Waals surface area contributed by atoms with E-state index >= 15 is 0 Å². The SMILES string of the molecule is CO.CO.Cc1ccnc(-c2[c-]ccc3c2oc2nc(C)ccc23)c1.Cc1ccnc(-c2cccc3c2oc2nc(C)ccc23)c1.O=S(=O)(O)C(F)(F)F.[Ir+3].[Ir].[c-]1ccccc1-c1ccccn1.[c-]1ccccc1-c1ccccn1.[c-]1ccccc1-c1ccccn1.[c-]1ccccc1-c1ccccn1. The predicted molar refractivity (Wildman–Crippen MR) is 395 cm³/mol. The van der Waals surface area contributed by atoms with E-state index in [0.29, 0.717) is 11.4 Å². The summed E-state index contributed by atoms with van der Waals surface area (Å²) in [6.45, 7) is 8.04. The third-order valence-electron chi connectivity index (χ3n) is 14.2. The number of furan rings is 2. The number of hydrogen-bond acceptors (Lipinski definition) is 14. The molecule has 16 rings (SSSR count). The molecular formula is C83H68F3Ir2N8O7S-2. The van der Waals surface area contributed by atoms with Crippen LogP contribution in [-0.2, 0) is 50.3 Å². The van der Waals surface area contributed by atoms with Gasteiger partial charge in [0.25, 0.3) is 0 Å². The molecule has 0 saturated carbocycles. The van der Waals surface area contributed by atoms with Gasteiger partial charge in [0.15, 0.2) is 0 Å². The number of pyridine rings is 8. The van der Waals surface area contributed by atoms with E-state index in [4.69, 9.17) is 32.0 Å². The number of rotatable bonds is 6. The van der Waals surface area contributed by atoms with Crippen LogP contribution in [0.4, 0.5) is 13.2 Å². The molecule has 529 valence electrons. The normalized spacial score (nSPS) is 10.2. The molecular weight excluding hydrogens is 1690 g/mol. The number of para-hydroxylation sites is 1. The fraction of sp³-hybridized carbons (Fsp3) is 0.0843. The van der Waals surface area contributed by atoms with Crippen molar-refractivity contribution in [1.82, 2.24) is 39.9 Å². The molecule has 21 heteroatoms. The number of aliphatic hydroxyl groups excluding tert-OH is 2. The van der Waals surface area contributed by atoms with E-state index in [9.17, 15) is 13.2 Å². The molecule has 0 saturated heterocycles. The second-order valence-electron chi connectivity index (χ2n) is 21.4. The van der Waals surface area contributed by atoms with Crippen LogP contribution in [0.15, 0.2) is 295 Å². The van der Waals surface area contributed by atoms with E-state index < -0.39 is 15.6 Å². The zero-order chi connectivity index (χ0) is 72.7. The summed E-state index contributed by atoms with van der Waals surface area (Å²) < 4.78 is 69.5. The van der Waals surface area contributed by atoms with Crippen molar-refractivity contribution in [3.8, 4) is 67.5 Å². The van der Waals surface area contributed by atoms with Crippen molar-refractivity contribution in [2.24, 2.45) is 0 Å². The molecule has 0 aliphatic carbocycles. The molecule has 16 aromatic rings. The first-order valence-electron chi connectivity index (χ1n) is 31.4. The van der Waals surface area contributed by atoms with Gasteiger partial charge in [-0.2, -0.15) is 21.6 Å². The van der Waals surface area contributed by atoms with Gasteiger partial charge in [-0.3, -0.25) is 9.54 Å². The first-order valence-corrected chi connectivity index (χ1v) is 32.8. The second kappa shape index (κ2) is 41.8. The van der Waals surface area contributed by atoms with Crippen LogP contribution >= 0.6 is 0 Å². The molecule has 6 aromatic carbocycles. The van der Waals surface area contributed by atoms with Crippen LogP contribution in [0.2, 0.25) is 0 Å². The Morgan fingerprint density at radius 3 is 1.06 bits per heavy atom. The molecule has 0 bridgehead atoms. The number of nitrogens with zero attached hydrogens (tertiary/aromatic N) is 8. The zero-order valence-electron chi connectivity index (χ0n) is 56.9. The summed E-state index contributed by atoms with van der Waals surface area (Å²) in [5.41, 5.74) is 13.4. The van der Waals surface area contributed by atoms with Gasteiger partial charge in [0.2, 0.25) is 11.4 Å². The van der Waals surface area contributed by atoms with Gasteiger partial charge in [-0.1, -0.05) is 83.2 Å². The fourth-order valence-electron chi connectivity index (χ4n) is 9.53. The minimum absolute atomic E-state index is 0. The molecule has 15 nitrogen and oxygen atoms in total. The van der Waals surface area contributed by atoms with Gasteiger partial charge in [-0.15, -0.1) is 162 Å². The maximum atomic E-state index is 10.7. The van der Waals surface area contributed by atoms with Gasteiger partial charge in [0.05, 0.1) is 11.3 Å². The molecule has 0 fully saturated rings. The molecule has 104 heavy (non-hydrogen) atoms. The molecule has 10 aromatic heterocycles. The zero-order valence-corrected chi connectivity index (χ0v) is 62.5. The van der Waals surface area contributed by atoms with Gasteiger partial charge in [0.1, 0.15) is 5.58 Å². The maximum Gasteiger partial charge on any atom is 3.00 e. The van der Waals surface area contributed by atoms with Crippen LogP contribution in [0.5, 0.6) is 0 Å². The molecule has 1 radical (unpaired) electrons. The molecule has 0 amide bonds. The smallest absolute Gasteiger partial charge is 0.486 e. The number of aliphatic hydroxyl groups is 2. The minimum Gasteiger partial charge on any atom is -0.486 e. The minimum atomic E-state index is -5.84. The second-order valence-corrected chi connectivity index (χ2v) is 22.8. The van der Waals surface area contributed by atoms with Gasteiger partial charge in [-0.25, -0.2) is 9.97 Å². The largest absolute Gasteiger partial charge is 3.00 e. The van der Waals surface area contributed by atoms with Crippen molar-refractivity contribution in [3.63, 3.8) is 0 Å². The van der Waals surface area contributed by atoms with Crippen LogP contribution in [0.3, 0.4) is 0 Å². The van der Waals surface area contributed by atoms with Gasteiger partial charge in [0, 0.05) is 105 Å². The molecule has 0 spiro atoms. The average molecular weight is 1760 g/mol. The van der Waals surface area contributed by atoms with Gasteiger partial charge >= 0.3 is 35.7 Å². The topological polar surface area (TPSA) is 224 Å². The van der Waals surface area contributed by atoms with Gasteiger partial charge < -0.3 is 44.0 Å². The van der Waals surface area contributed by atoms with Crippen molar-refractivity contribution in [2.45, 2.75) is 33.2 Å².